The number of hydrogen-bond acceptors (Lipinski definition) is 3. The minimum atomic E-state index is -0.840. The van der Waals surface area contributed by atoms with Crippen LogP contribution in [-0.4, -0.2) is 11.3 Å². The van der Waals surface area contributed by atoms with Gasteiger partial charge in [-0.1, -0.05) is 13.8 Å². The van der Waals surface area contributed by atoms with Gasteiger partial charge in [0, 0.05) is 5.70 Å². The van der Waals surface area contributed by atoms with Crippen LogP contribution in [0.1, 0.15) is 20.8 Å². The third kappa shape index (κ3) is 1.90. The number of dihydropyridines is 1. The molecule has 70 valence electrons. The maximum atomic E-state index is 9.53. The number of aliphatic hydroxyl groups is 1. The lowest BCUT2D eigenvalue weighted by Gasteiger charge is -2.23. The molecule has 1 aliphatic rings. The summed E-state index contributed by atoms with van der Waals surface area (Å²) >= 11 is 0. The van der Waals surface area contributed by atoms with Gasteiger partial charge in [-0.05, 0) is 24.5 Å². The molecule has 0 fully saturated rings. The molecule has 0 aliphatic carbocycles. The molecule has 0 aromatic heterocycles. The Kier molecular flexibility index (Phi) is 2.74. The molecular formula is C10H14N2O. The Labute approximate surface area is 78.4 Å². The number of rotatable bonds is 1. The molecule has 0 saturated carbocycles. The summed E-state index contributed by atoms with van der Waals surface area (Å²) in [5.74, 6) is 0.265. The fourth-order valence-corrected chi connectivity index (χ4v) is 1.40. The van der Waals surface area contributed by atoms with Gasteiger partial charge in [0.05, 0.1) is 11.6 Å². The third-order valence-electron chi connectivity index (χ3n) is 2.06. The number of nitrogens with one attached hydrogen (secondary N) is 1. The van der Waals surface area contributed by atoms with Crippen molar-refractivity contribution < 1.29 is 5.11 Å². The van der Waals surface area contributed by atoms with Crippen LogP contribution in [0.3, 0.4) is 0 Å². The zero-order chi connectivity index (χ0) is 10.0. The highest BCUT2D eigenvalue weighted by atomic mass is 16.3. The van der Waals surface area contributed by atoms with E-state index in [0.717, 1.165) is 11.3 Å². The molecule has 1 aliphatic heterocycles. The summed E-state index contributed by atoms with van der Waals surface area (Å²) in [5, 5.41) is 21.2. The monoisotopic (exact) mass is 178 g/mol. The van der Waals surface area contributed by atoms with E-state index in [0.29, 0.717) is 5.57 Å². The van der Waals surface area contributed by atoms with Crippen LogP contribution in [0.25, 0.3) is 0 Å². The highest BCUT2D eigenvalue weighted by molar-refractivity contribution is 5.42. The van der Waals surface area contributed by atoms with Gasteiger partial charge in [0.1, 0.15) is 0 Å². The largest absolute Gasteiger partial charge is 0.369 e. The Morgan fingerprint density at radius 3 is 2.69 bits per heavy atom. The second-order valence-electron chi connectivity index (χ2n) is 3.51. The summed E-state index contributed by atoms with van der Waals surface area (Å²) in [6.45, 7) is 5.89. The Bertz CT molecular complexity index is 307. The molecule has 0 amide bonds. The second kappa shape index (κ2) is 3.63. The molecule has 0 spiro atoms. The van der Waals surface area contributed by atoms with Crippen LogP contribution in [0, 0.1) is 17.2 Å². The van der Waals surface area contributed by atoms with Gasteiger partial charge in [-0.2, -0.15) is 5.26 Å². The predicted molar refractivity (Wildman–Crippen MR) is 50.4 cm³/mol. The van der Waals surface area contributed by atoms with E-state index in [9.17, 15) is 5.11 Å². The van der Waals surface area contributed by atoms with Gasteiger partial charge < -0.3 is 10.4 Å². The molecule has 1 atom stereocenters. The van der Waals surface area contributed by atoms with Crippen LogP contribution in [0.2, 0.25) is 0 Å². The van der Waals surface area contributed by atoms with Gasteiger partial charge in [0.25, 0.3) is 0 Å². The first-order valence-corrected chi connectivity index (χ1v) is 4.33. The lowest BCUT2D eigenvalue weighted by atomic mass is 9.93. The molecule has 2 N–H and O–H groups in total. The molecule has 0 radical (unpaired) electrons. The van der Waals surface area contributed by atoms with Crippen molar-refractivity contribution in [2.45, 2.75) is 27.0 Å². The zero-order valence-electron chi connectivity index (χ0n) is 8.13. The number of aliphatic hydroxyl groups excluding tert-OH is 1. The van der Waals surface area contributed by atoms with Crippen LogP contribution in [0.4, 0.5) is 0 Å². The Hall–Kier alpha value is -1.27. The maximum Gasteiger partial charge on any atom is 0.160 e. The first-order chi connectivity index (χ1) is 6.06. The summed E-state index contributed by atoms with van der Waals surface area (Å²) in [7, 11) is 0. The lowest BCUT2D eigenvalue weighted by molar-refractivity contribution is 0.186. The van der Waals surface area contributed by atoms with E-state index >= 15 is 0 Å². The topological polar surface area (TPSA) is 56.0 Å². The lowest BCUT2D eigenvalue weighted by Crippen LogP contribution is -2.33. The molecule has 13 heavy (non-hydrogen) atoms. The number of nitrogens with zero attached hydrogens (tertiary/aromatic N) is 1. The summed E-state index contributed by atoms with van der Waals surface area (Å²) < 4.78 is 0. The van der Waals surface area contributed by atoms with Crippen molar-refractivity contribution >= 4 is 0 Å². The maximum absolute atomic E-state index is 9.53. The first-order valence-electron chi connectivity index (χ1n) is 4.33. The minimum Gasteiger partial charge on any atom is -0.369 e. The number of hydrogen-bond donors (Lipinski definition) is 2. The van der Waals surface area contributed by atoms with Gasteiger partial charge in [-0.3, -0.25) is 0 Å². The summed E-state index contributed by atoms with van der Waals surface area (Å²) in [5.41, 5.74) is 2.25. The average molecular weight is 178 g/mol. The van der Waals surface area contributed by atoms with E-state index < -0.39 is 6.23 Å². The average Bonchev–Trinajstić information content (AvgIpc) is 2.02. The number of allylic oxidation sites excluding steroid dienone is 3. The molecule has 3 heteroatoms. The van der Waals surface area contributed by atoms with E-state index in [1.54, 1.807) is 0 Å². The Morgan fingerprint density at radius 2 is 2.23 bits per heavy atom. The van der Waals surface area contributed by atoms with Gasteiger partial charge in [0.15, 0.2) is 6.23 Å². The first kappa shape index (κ1) is 9.82. The zero-order valence-corrected chi connectivity index (χ0v) is 8.13. The van der Waals surface area contributed by atoms with Crippen molar-refractivity contribution in [3.05, 3.63) is 22.9 Å². The van der Waals surface area contributed by atoms with Gasteiger partial charge >= 0.3 is 0 Å². The van der Waals surface area contributed by atoms with Crippen LogP contribution in [0.15, 0.2) is 22.9 Å². The number of nitriles is 1. The summed E-state index contributed by atoms with van der Waals surface area (Å²) in [4.78, 5) is 0. The summed E-state index contributed by atoms with van der Waals surface area (Å²) in [6, 6.07) is 2.03. The van der Waals surface area contributed by atoms with Crippen molar-refractivity contribution in [1.82, 2.24) is 5.32 Å². The molecule has 0 aromatic rings. The van der Waals surface area contributed by atoms with Gasteiger partial charge in [0.2, 0.25) is 0 Å². The van der Waals surface area contributed by atoms with Crippen LogP contribution >= 0.6 is 0 Å². The molecule has 3 nitrogen and oxygen atoms in total. The molecule has 1 rings (SSSR count). The molecular weight excluding hydrogens is 164 g/mol. The van der Waals surface area contributed by atoms with E-state index in [1.165, 1.54) is 0 Å². The predicted octanol–water partition coefficient (Wildman–Crippen LogP) is 1.29. The van der Waals surface area contributed by atoms with Crippen LogP contribution in [0.5, 0.6) is 0 Å². The van der Waals surface area contributed by atoms with Crippen LogP contribution < -0.4 is 5.32 Å². The van der Waals surface area contributed by atoms with Crippen molar-refractivity contribution in [2.75, 3.05) is 0 Å². The summed E-state index contributed by atoms with van der Waals surface area (Å²) in [6.07, 6.45) is 1.07. The third-order valence-corrected chi connectivity index (χ3v) is 2.06. The normalized spacial score (nSPS) is 22.5. The van der Waals surface area contributed by atoms with Crippen LogP contribution in [-0.2, 0) is 0 Å². The van der Waals surface area contributed by atoms with Crippen molar-refractivity contribution in [2.24, 2.45) is 5.92 Å². The quantitative estimate of drug-likeness (QED) is 0.636. The van der Waals surface area contributed by atoms with E-state index in [-0.39, 0.29) is 5.92 Å². The second-order valence-corrected chi connectivity index (χ2v) is 3.51. The molecule has 1 heterocycles. The molecule has 1 unspecified atom stereocenters. The molecule has 0 bridgehead atoms. The van der Waals surface area contributed by atoms with E-state index in [1.807, 2.05) is 32.9 Å². The van der Waals surface area contributed by atoms with E-state index in [2.05, 4.69) is 5.32 Å². The van der Waals surface area contributed by atoms with Gasteiger partial charge in [-0.25, -0.2) is 0 Å². The van der Waals surface area contributed by atoms with Crippen molar-refractivity contribution in [3.8, 4) is 6.07 Å². The highest BCUT2D eigenvalue weighted by Crippen LogP contribution is 2.22. The Morgan fingerprint density at radius 1 is 1.62 bits per heavy atom. The molecule has 0 aromatic carbocycles. The van der Waals surface area contributed by atoms with Gasteiger partial charge in [-0.15, -0.1) is 0 Å². The van der Waals surface area contributed by atoms with Crippen molar-refractivity contribution in [3.63, 3.8) is 0 Å². The highest BCUT2D eigenvalue weighted by Gasteiger charge is 2.20. The SMILES string of the molecule is CC1=CC(C(C)C)=C(C#N)C(O)N1. The van der Waals surface area contributed by atoms with E-state index in [4.69, 9.17) is 5.26 Å². The standard InChI is InChI=1S/C10H14N2O/c1-6(2)8-4-7(3)12-10(13)9(8)5-11/h4,6,10,12-13H,1-3H3. The Balaban J connectivity index is 3.15. The van der Waals surface area contributed by atoms with Crippen molar-refractivity contribution in [1.29, 1.82) is 5.26 Å². The fraction of sp³-hybridized carbons (Fsp3) is 0.500. The smallest absolute Gasteiger partial charge is 0.160 e. The molecule has 0 saturated heterocycles. The fourth-order valence-electron chi connectivity index (χ4n) is 1.40. The minimum absolute atomic E-state index is 0.265.